The monoisotopic (exact) mass is 129 g/mol. The zero-order valence-corrected chi connectivity index (χ0v) is 5.00. The molecule has 0 amide bonds. The van der Waals surface area contributed by atoms with Crippen LogP contribution in [0.2, 0.25) is 0 Å². The predicted molar refractivity (Wildman–Crippen MR) is 28.8 cm³/mol. The zero-order valence-electron chi connectivity index (χ0n) is 5.00. The van der Waals surface area contributed by atoms with Gasteiger partial charge in [0.05, 0.1) is 12.0 Å². The van der Waals surface area contributed by atoms with E-state index >= 15 is 0 Å². The van der Waals surface area contributed by atoms with Gasteiger partial charge in [0.25, 0.3) is 0 Å². The average molecular weight is 129 g/mol. The van der Waals surface area contributed by atoms with Crippen LogP contribution in [0.15, 0.2) is 0 Å². The van der Waals surface area contributed by atoms with Crippen molar-refractivity contribution < 1.29 is 14.6 Å². The maximum absolute atomic E-state index is 9.69. The Labute approximate surface area is 52.7 Å². The molecule has 1 N–H and O–H groups in total. The molecule has 0 fully saturated rings. The molecule has 50 valence electrons. The highest BCUT2D eigenvalue weighted by Gasteiger charge is 2.01. The molecule has 9 heavy (non-hydrogen) atoms. The van der Waals surface area contributed by atoms with Crippen LogP contribution < -0.4 is 0 Å². The van der Waals surface area contributed by atoms with E-state index in [0.29, 0.717) is 0 Å². The van der Waals surface area contributed by atoms with Crippen LogP contribution in [0.3, 0.4) is 0 Å². The maximum atomic E-state index is 9.69. The highest BCUT2D eigenvalue weighted by Crippen LogP contribution is 1.91. The number of hydrogen-bond donors (Lipinski definition) is 1. The summed E-state index contributed by atoms with van der Waals surface area (Å²) in [5.74, 6) is -0.360. The van der Waals surface area contributed by atoms with Crippen molar-refractivity contribution >= 4 is 6.16 Å². The van der Waals surface area contributed by atoms with Gasteiger partial charge in [-0.15, -0.1) is 0 Å². The molecular weight excluding hydrogens is 122 g/mol. The Bertz CT molecular complexity index is 138. The van der Waals surface area contributed by atoms with E-state index in [0.717, 1.165) is 0 Å². The van der Waals surface area contributed by atoms with Gasteiger partial charge in [-0.25, -0.2) is 4.79 Å². The molecule has 0 aromatic heterocycles. The normalized spacial score (nSPS) is 11.6. The predicted octanol–water partition coefficient (Wildman–Crippen LogP) is 0.841. The quantitative estimate of drug-likeness (QED) is 0.561. The summed E-state index contributed by atoms with van der Waals surface area (Å²) < 4.78 is 4.09. The summed E-state index contributed by atoms with van der Waals surface area (Å²) >= 11 is 0. The minimum atomic E-state index is -1.34. The van der Waals surface area contributed by atoms with Crippen molar-refractivity contribution in [3.8, 4) is 6.07 Å². The molecule has 1 unspecified atom stereocenters. The Balaban J connectivity index is 3.30. The number of ether oxygens (including phenoxy) is 1. The van der Waals surface area contributed by atoms with E-state index in [1.807, 2.05) is 6.07 Å². The second-order valence-electron chi connectivity index (χ2n) is 1.61. The molecule has 0 heterocycles. The number of nitriles is 1. The first-order valence-electron chi connectivity index (χ1n) is 2.42. The molecule has 0 aliphatic carbocycles. The van der Waals surface area contributed by atoms with Gasteiger partial charge in [-0.2, -0.15) is 5.26 Å². The first-order valence-corrected chi connectivity index (χ1v) is 2.42. The lowest BCUT2D eigenvalue weighted by atomic mass is 10.2. The van der Waals surface area contributed by atoms with Crippen LogP contribution in [0.5, 0.6) is 0 Å². The Morgan fingerprint density at radius 3 is 2.89 bits per heavy atom. The first-order chi connectivity index (χ1) is 4.16. The van der Waals surface area contributed by atoms with E-state index in [4.69, 9.17) is 10.4 Å². The SMILES string of the molecule is CC(C#N)COC(=O)O. The van der Waals surface area contributed by atoms with Crippen LogP contribution in [0, 0.1) is 17.2 Å². The lowest BCUT2D eigenvalue weighted by Gasteiger charge is -1.98. The third-order valence-electron chi connectivity index (χ3n) is 0.677. The van der Waals surface area contributed by atoms with Crippen molar-refractivity contribution in [2.24, 2.45) is 5.92 Å². The fraction of sp³-hybridized carbons (Fsp3) is 0.600. The largest absolute Gasteiger partial charge is 0.505 e. The molecule has 4 heteroatoms. The highest BCUT2D eigenvalue weighted by atomic mass is 16.7. The highest BCUT2D eigenvalue weighted by molar-refractivity contribution is 5.56. The van der Waals surface area contributed by atoms with E-state index in [1.165, 1.54) is 0 Å². The fourth-order valence-electron chi connectivity index (χ4n) is 0.234. The number of hydrogen-bond acceptors (Lipinski definition) is 3. The van der Waals surface area contributed by atoms with E-state index in [1.54, 1.807) is 6.92 Å². The smallest absolute Gasteiger partial charge is 0.450 e. The lowest BCUT2D eigenvalue weighted by molar-refractivity contribution is 0.0852. The third-order valence-corrected chi connectivity index (χ3v) is 0.677. The minimum Gasteiger partial charge on any atom is -0.450 e. The molecule has 0 rings (SSSR count). The van der Waals surface area contributed by atoms with Crippen LogP contribution in [-0.2, 0) is 4.74 Å². The Morgan fingerprint density at radius 2 is 2.56 bits per heavy atom. The second kappa shape index (κ2) is 3.72. The van der Waals surface area contributed by atoms with Gasteiger partial charge in [-0.3, -0.25) is 0 Å². The van der Waals surface area contributed by atoms with Crippen molar-refractivity contribution in [2.75, 3.05) is 6.61 Å². The Morgan fingerprint density at radius 1 is 2.00 bits per heavy atom. The molecule has 0 saturated heterocycles. The summed E-state index contributed by atoms with van der Waals surface area (Å²) in [5, 5.41) is 16.1. The third kappa shape index (κ3) is 4.62. The lowest BCUT2D eigenvalue weighted by Crippen LogP contribution is -2.07. The van der Waals surface area contributed by atoms with Gasteiger partial charge in [0, 0.05) is 0 Å². The van der Waals surface area contributed by atoms with Crippen molar-refractivity contribution in [1.82, 2.24) is 0 Å². The van der Waals surface area contributed by atoms with Crippen LogP contribution in [0.25, 0.3) is 0 Å². The van der Waals surface area contributed by atoms with Crippen LogP contribution >= 0.6 is 0 Å². The number of rotatable bonds is 2. The summed E-state index contributed by atoms with van der Waals surface area (Å²) in [5.41, 5.74) is 0. The topological polar surface area (TPSA) is 70.3 Å². The molecule has 0 bridgehead atoms. The molecule has 0 spiro atoms. The van der Waals surface area contributed by atoms with Gasteiger partial charge in [0.2, 0.25) is 0 Å². The fourth-order valence-corrected chi connectivity index (χ4v) is 0.234. The van der Waals surface area contributed by atoms with E-state index in [9.17, 15) is 4.79 Å². The molecule has 0 aliphatic heterocycles. The van der Waals surface area contributed by atoms with Crippen molar-refractivity contribution in [2.45, 2.75) is 6.92 Å². The number of carboxylic acid groups (broad SMARTS) is 1. The van der Waals surface area contributed by atoms with E-state index in [2.05, 4.69) is 4.74 Å². The molecule has 1 atom stereocenters. The summed E-state index contributed by atoms with van der Waals surface area (Å²) in [6.45, 7) is 1.54. The average Bonchev–Trinajstić information content (AvgIpc) is 1.83. The molecule has 0 aliphatic rings. The second-order valence-corrected chi connectivity index (χ2v) is 1.61. The van der Waals surface area contributed by atoms with Crippen LogP contribution in [-0.4, -0.2) is 17.9 Å². The zero-order chi connectivity index (χ0) is 7.28. The summed E-state index contributed by atoms with van der Waals surface area (Å²) in [7, 11) is 0. The van der Waals surface area contributed by atoms with Gasteiger partial charge < -0.3 is 9.84 Å². The summed E-state index contributed by atoms with van der Waals surface area (Å²) in [6.07, 6.45) is -1.34. The molecular formula is C5H7NO3. The number of carbonyl (C=O) groups is 1. The van der Waals surface area contributed by atoms with Crippen molar-refractivity contribution in [1.29, 1.82) is 5.26 Å². The maximum Gasteiger partial charge on any atom is 0.505 e. The van der Waals surface area contributed by atoms with Crippen molar-refractivity contribution in [3.63, 3.8) is 0 Å². The van der Waals surface area contributed by atoms with Crippen LogP contribution in [0.1, 0.15) is 6.92 Å². The molecule has 0 saturated carbocycles. The Kier molecular flexibility index (Phi) is 3.21. The summed E-state index contributed by atoms with van der Waals surface area (Å²) in [4.78, 5) is 9.69. The molecule has 4 nitrogen and oxygen atoms in total. The molecule has 0 aromatic rings. The van der Waals surface area contributed by atoms with Gasteiger partial charge in [-0.05, 0) is 6.92 Å². The van der Waals surface area contributed by atoms with E-state index in [-0.39, 0.29) is 12.5 Å². The van der Waals surface area contributed by atoms with Gasteiger partial charge in [0.1, 0.15) is 6.61 Å². The summed E-state index contributed by atoms with van der Waals surface area (Å²) in [6, 6.07) is 1.83. The molecule has 0 aromatic carbocycles. The number of nitrogens with zero attached hydrogens (tertiary/aromatic N) is 1. The van der Waals surface area contributed by atoms with E-state index < -0.39 is 6.16 Å². The Hall–Kier alpha value is -1.24. The molecule has 0 radical (unpaired) electrons. The van der Waals surface area contributed by atoms with Crippen LogP contribution in [0.4, 0.5) is 4.79 Å². The minimum absolute atomic E-state index is 0.0498. The van der Waals surface area contributed by atoms with Gasteiger partial charge in [0.15, 0.2) is 0 Å². The van der Waals surface area contributed by atoms with Crippen molar-refractivity contribution in [3.05, 3.63) is 0 Å². The standard InChI is InChI=1S/C5H7NO3/c1-4(2-6)3-9-5(7)8/h4H,3H2,1H3,(H,7,8). The van der Waals surface area contributed by atoms with Gasteiger partial charge >= 0.3 is 6.16 Å². The van der Waals surface area contributed by atoms with Gasteiger partial charge in [-0.1, -0.05) is 0 Å². The first kappa shape index (κ1) is 7.76.